The minimum absolute atomic E-state index is 0.0640. The first-order valence-corrected chi connectivity index (χ1v) is 9.03. The van der Waals surface area contributed by atoms with E-state index in [1.165, 1.54) is 17.0 Å². The van der Waals surface area contributed by atoms with Crippen LogP contribution >= 0.6 is 0 Å². The number of carbonyl (C=O) groups excluding carboxylic acids is 1. The van der Waals surface area contributed by atoms with Crippen molar-refractivity contribution in [1.29, 1.82) is 0 Å². The number of hydrogen-bond acceptors (Lipinski definition) is 4. The summed E-state index contributed by atoms with van der Waals surface area (Å²) in [5, 5.41) is 0. The van der Waals surface area contributed by atoms with Gasteiger partial charge in [-0.15, -0.1) is 4.40 Å². The second-order valence-corrected chi connectivity index (χ2v) is 7.23. The minimum Gasteiger partial charge on any atom is -0.467 e. The highest BCUT2D eigenvalue weighted by atomic mass is 32.2. The largest absolute Gasteiger partial charge is 0.467 e. The van der Waals surface area contributed by atoms with Crippen LogP contribution in [0.15, 0.2) is 63.9 Å². The normalized spacial score (nSPS) is 11.9. The van der Waals surface area contributed by atoms with Crippen molar-refractivity contribution in [3.05, 3.63) is 65.7 Å². The lowest BCUT2D eigenvalue weighted by Crippen LogP contribution is -2.28. The molecule has 0 unspecified atom stereocenters. The molecule has 132 valence electrons. The van der Waals surface area contributed by atoms with Crippen molar-refractivity contribution in [2.75, 3.05) is 20.7 Å². The standard InChI is InChI=1S/C18H20N2O4S/c1-14-9-11-16(12-10-14)25(22,23)19-18(15-7-5-4-6-8-15)24-13-17(21)20(2)3/h4-12H,13H2,1-3H3/b19-18-. The first kappa shape index (κ1) is 18.7. The molecule has 0 aliphatic rings. The molecular weight excluding hydrogens is 340 g/mol. The fourth-order valence-electron chi connectivity index (χ4n) is 1.87. The van der Waals surface area contributed by atoms with E-state index in [9.17, 15) is 13.2 Å². The van der Waals surface area contributed by atoms with Crippen LogP contribution in [0, 0.1) is 6.92 Å². The number of ether oxygens (including phenoxy) is 1. The fraction of sp³-hybridized carbons (Fsp3) is 0.222. The van der Waals surface area contributed by atoms with Crippen molar-refractivity contribution < 1.29 is 17.9 Å². The molecule has 2 aromatic rings. The Bertz CT molecular complexity index is 858. The van der Waals surface area contributed by atoms with Crippen molar-refractivity contribution in [2.45, 2.75) is 11.8 Å². The summed E-state index contributed by atoms with van der Waals surface area (Å²) in [6.07, 6.45) is 0. The molecule has 0 spiro atoms. The molecule has 0 fully saturated rings. The fourth-order valence-corrected chi connectivity index (χ4v) is 2.84. The number of amides is 1. The molecular formula is C18H20N2O4S. The minimum atomic E-state index is -3.95. The van der Waals surface area contributed by atoms with Crippen LogP contribution in [0.25, 0.3) is 0 Å². The van der Waals surface area contributed by atoms with Crippen LogP contribution in [0.2, 0.25) is 0 Å². The number of benzene rings is 2. The molecule has 1 amide bonds. The number of nitrogens with zero attached hydrogens (tertiary/aromatic N) is 2. The Morgan fingerprint density at radius 1 is 1.04 bits per heavy atom. The predicted molar refractivity (Wildman–Crippen MR) is 96.0 cm³/mol. The number of hydrogen-bond donors (Lipinski definition) is 0. The van der Waals surface area contributed by atoms with Crippen LogP contribution in [0.4, 0.5) is 0 Å². The van der Waals surface area contributed by atoms with Crippen LogP contribution in [0.1, 0.15) is 11.1 Å². The van der Waals surface area contributed by atoms with E-state index in [1.807, 2.05) is 6.92 Å². The van der Waals surface area contributed by atoms with Gasteiger partial charge in [0, 0.05) is 19.7 Å². The maximum absolute atomic E-state index is 12.5. The van der Waals surface area contributed by atoms with Crippen LogP contribution in [-0.2, 0) is 19.6 Å². The lowest BCUT2D eigenvalue weighted by molar-refractivity contribution is -0.131. The van der Waals surface area contributed by atoms with Gasteiger partial charge in [0.2, 0.25) is 5.90 Å². The summed E-state index contributed by atoms with van der Waals surface area (Å²) in [6, 6.07) is 15.0. The van der Waals surface area contributed by atoms with Gasteiger partial charge in [-0.1, -0.05) is 35.9 Å². The quantitative estimate of drug-likeness (QED) is 0.605. The molecule has 0 aromatic heterocycles. The highest BCUT2D eigenvalue weighted by Crippen LogP contribution is 2.15. The lowest BCUT2D eigenvalue weighted by Gasteiger charge is -2.13. The summed E-state index contributed by atoms with van der Waals surface area (Å²) in [7, 11) is -0.772. The maximum Gasteiger partial charge on any atom is 0.285 e. The molecule has 0 atom stereocenters. The van der Waals surface area contributed by atoms with Gasteiger partial charge < -0.3 is 9.64 Å². The molecule has 0 heterocycles. The van der Waals surface area contributed by atoms with E-state index >= 15 is 0 Å². The Balaban J connectivity index is 2.38. The van der Waals surface area contributed by atoms with Crippen molar-refractivity contribution in [1.82, 2.24) is 4.90 Å². The van der Waals surface area contributed by atoms with Gasteiger partial charge in [-0.05, 0) is 31.2 Å². The van der Waals surface area contributed by atoms with Gasteiger partial charge in [-0.2, -0.15) is 8.42 Å². The topological polar surface area (TPSA) is 76.0 Å². The van der Waals surface area contributed by atoms with Gasteiger partial charge in [-0.3, -0.25) is 4.79 Å². The highest BCUT2D eigenvalue weighted by Gasteiger charge is 2.17. The summed E-state index contributed by atoms with van der Waals surface area (Å²) < 4.78 is 34.3. The Labute approximate surface area is 147 Å². The Morgan fingerprint density at radius 3 is 2.20 bits per heavy atom. The van der Waals surface area contributed by atoms with E-state index in [0.29, 0.717) is 5.56 Å². The molecule has 0 saturated carbocycles. The third-order valence-corrected chi connectivity index (χ3v) is 4.65. The third-order valence-electron chi connectivity index (χ3n) is 3.37. The number of sulfonamides is 1. The Kier molecular flexibility index (Phi) is 5.93. The van der Waals surface area contributed by atoms with Crippen LogP contribution in [0.3, 0.4) is 0 Å². The first-order chi connectivity index (χ1) is 11.8. The van der Waals surface area contributed by atoms with Crippen molar-refractivity contribution in [3.63, 3.8) is 0 Å². The Morgan fingerprint density at radius 2 is 1.64 bits per heavy atom. The second-order valence-electron chi connectivity index (χ2n) is 5.63. The highest BCUT2D eigenvalue weighted by molar-refractivity contribution is 7.90. The second kappa shape index (κ2) is 7.94. The van der Waals surface area contributed by atoms with E-state index in [1.54, 1.807) is 56.6 Å². The molecule has 6 nitrogen and oxygen atoms in total. The van der Waals surface area contributed by atoms with Crippen molar-refractivity contribution >= 4 is 21.8 Å². The third kappa shape index (κ3) is 5.15. The van der Waals surface area contributed by atoms with E-state index in [0.717, 1.165) is 5.56 Å². The molecule has 0 radical (unpaired) electrons. The molecule has 0 aliphatic carbocycles. The van der Waals surface area contributed by atoms with Gasteiger partial charge in [0.05, 0.1) is 4.90 Å². The predicted octanol–water partition coefficient (Wildman–Crippen LogP) is 2.24. The average molecular weight is 360 g/mol. The van der Waals surface area contributed by atoms with Gasteiger partial charge >= 0.3 is 0 Å². The molecule has 25 heavy (non-hydrogen) atoms. The molecule has 7 heteroatoms. The monoisotopic (exact) mass is 360 g/mol. The van der Waals surface area contributed by atoms with E-state index in [-0.39, 0.29) is 23.3 Å². The summed E-state index contributed by atoms with van der Waals surface area (Å²) in [5.41, 5.74) is 1.42. The number of carbonyl (C=O) groups is 1. The summed E-state index contributed by atoms with van der Waals surface area (Å²) >= 11 is 0. The number of rotatable bonds is 5. The number of likely N-dealkylation sites (N-methyl/N-ethyl adjacent to an activating group) is 1. The van der Waals surface area contributed by atoms with Crippen molar-refractivity contribution in [3.8, 4) is 0 Å². The molecule has 0 bridgehead atoms. The zero-order chi connectivity index (χ0) is 18.4. The molecule has 2 aromatic carbocycles. The Hall–Kier alpha value is -2.67. The lowest BCUT2D eigenvalue weighted by atomic mass is 10.2. The van der Waals surface area contributed by atoms with Gasteiger partial charge in [0.25, 0.3) is 15.9 Å². The average Bonchev–Trinajstić information content (AvgIpc) is 2.59. The summed E-state index contributed by atoms with van der Waals surface area (Å²) in [4.78, 5) is 13.2. The van der Waals surface area contributed by atoms with Gasteiger partial charge in [-0.25, -0.2) is 0 Å². The number of aryl methyl sites for hydroxylation is 1. The first-order valence-electron chi connectivity index (χ1n) is 7.59. The van der Waals surface area contributed by atoms with E-state index in [2.05, 4.69) is 4.40 Å². The van der Waals surface area contributed by atoms with E-state index < -0.39 is 10.0 Å². The summed E-state index contributed by atoms with van der Waals surface area (Å²) in [5.74, 6) is -0.410. The zero-order valence-electron chi connectivity index (χ0n) is 14.3. The molecule has 0 N–H and O–H groups in total. The molecule has 0 aliphatic heterocycles. The van der Waals surface area contributed by atoms with Gasteiger partial charge in [0.1, 0.15) is 0 Å². The molecule has 2 rings (SSSR count). The summed E-state index contributed by atoms with van der Waals surface area (Å²) in [6.45, 7) is 1.56. The van der Waals surface area contributed by atoms with Crippen LogP contribution in [0.5, 0.6) is 0 Å². The van der Waals surface area contributed by atoms with E-state index in [4.69, 9.17) is 4.74 Å². The van der Waals surface area contributed by atoms with Crippen molar-refractivity contribution in [2.24, 2.45) is 4.40 Å². The molecule has 0 saturated heterocycles. The van der Waals surface area contributed by atoms with Gasteiger partial charge in [0.15, 0.2) is 6.61 Å². The smallest absolute Gasteiger partial charge is 0.285 e. The van der Waals surface area contributed by atoms with Crippen LogP contribution in [-0.4, -0.2) is 45.8 Å². The maximum atomic E-state index is 12.5. The SMILES string of the molecule is Cc1ccc(S(=O)(=O)/N=C(\OCC(=O)N(C)C)c2ccccc2)cc1. The zero-order valence-corrected chi connectivity index (χ0v) is 15.2. The van der Waals surface area contributed by atoms with Crippen LogP contribution < -0.4 is 0 Å².